The van der Waals surface area contributed by atoms with Crippen molar-refractivity contribution in [3.05, 3.63) is 29.3 Å². The van der Waals surface area contributed by atoms with Crippen molar-refractivity contribution in [2.24, 2.45) is 11.3 Å². The lowest BCUT2D eigenvalue weighted by Crippen LogP contribution is -2.45. The minimum absolute atomic E-state index is 0.262. The van der Waals surface area contributed by atoms with Crippen molar-refractivity contribution in [3.8, 4) is 5.75 Å². The maximum absolute atomic E-state index is 11.5. The fraction of sp³-hybridized carbons (Fsp3) is 0.611. The first kappa shape index (κ1) is 17.1. The van der Waals surface area contributed by atoms with E-state index in [-0.39, 0.29) is 11.4 Å². The first-order valence-electron chi connectivity index (χ1n) is 7.84. The second kappa shape index (κ2) is 6.49. The molecule has 4 heteroatoms. The Kier molecular flexibility index (Phi) is 5.06. The summed E-state index contributed by atoms with van der Waals surface area (Å²) >= 11 is 6.01. The zero-order valence-corrected chi connectivity index (χ0v) is 14.6. The molecule has 0 aliphatic heterocycles. The van der Waals surface area contributed by atoms with E-state index in [1.807, 2.05) is 12.1 Å². The van der Waals surface area contributed by atoms with Crippen LogP contribution in [0.15, 0.2) is 24.3 Å². The van der Waals surface area contributed by atoms with Gasteiger partial charge in [-0.15, -0.1) is 0 Å². The fourth-order valence-corrected chi connectivity index (χ4v) is 3.34. The SMILES string of the molecule is CC(=O)OC1(Oc2cccc(Cl)c2)CCC(C(C)(C)C)CC1. The molecule has 0 aromatic heterocycles. The molecule has 1 aromatic rings. The Balaban J connectivity index is 2.15. The van der Waals surface area contributed by atoms with Crippen LogP contribution in [0.25, 0.3) is 0 Å². The van der Waals surface area contributed by atoms with Crippen molar-refractivity contribution in [1.82, 2.24) is 0 Å². The van der Waals surface area contributed by atoms with E-state index < -0.39 is 5.79 Å². The molecule has 0 saturated heterocycles. The Labute approximate surface area is 137 Å². The lowest BCUT2D eigenvalue weighted by atomic mass is 9.71. The number of carbonyl (C=O) groups is 1. The summed E-state index contributed by atoms with van der Waals surface area (Å²) in [6, 6.07) is 7.22. The third-order valence-corrected chi connectivity index (χ3v) is 4.64. The van der Waals surface area contributed by atoms with Gasteiger partial charge in [0.05, 0.1) is 0 Å². The molecule has 1 aromatic carbocycles. The van der Waals surface area contributed by atoms with Crippen LogP contribution < -0.4 is 4.74 Å². The van der Waals surface area contributed by atoms with Crippen molar-refractivity contribution < 1.29 is 14.3 Å². The molecule has 1 saturated carbocycles. The van der Waals surface area contributed by atoms with Gasteiger partial charge in [0.25, 0.3) is 5.79 Å². The molecule has 0 N–H and O–H groups in total. The van der Waals surface area contributed by atoms with Gasteiger partial charge in [-0.25, -0.2) is 0 Å². The standard InChI is InChI=1S/C18H25ClO3/c1-13(20)21-18(22-16-7-5-6-15(19)12-16)10-8-14(9-11-18)17(2,3)4/h5-7,12,14H,8-11H2,1-4H3. The first-order chi connectivity index (χ1) is 10.2. The summed E-state index contributed by atoms with van der Waals surface area (Å²) in [5, 5.41) is 0.610. The van der Waals surface area contributed by atoms with Gasteiger partial charge in [0.15, 0.2) is 0 Å². The molecule has 0 amide bonds. The molecule has 122 valence electrons. The van der Waals surface area contributed by atoms with E-state index in [0.717, 1.165) is 12.8 Å². The Morgan fingerprint density at radius 1 is 1.27 bits per heavy atom. The van der Waals surface area contributed by atoms with Crippen LogP contribution >= 0.6 is 11.6 Å². The molecule has 0 heterocycles. The molecule has 0 radical (unpaired) electrons. The maximum atomic E-state index is 11.5. The Bertz CT molecular complexity index is 525. The highest BCUT2D eigenvalue weighted by Crippen LogP contribution is 2.43. The number of carbonyl (C=O) groups excluding carboxylic acids is 1. The number of hydrogen-bond donors (Lipinski definition) is 0. The largest absolute Gasteiger partial charge is 0.452 e. The highest BCUT2D eigenvalue weighted by Gasteiger charge is 2.43. The van der Waals surface area contributed by atoms with Gasteiger partial charge < -0.3 is 9.47 Å². The van der Waals surface area contributed by atoms with Crippen LogP contribution in [0.5, 0.6) is 5.75 Å². The Morgan fingerprint density at radius 3 is 2.41 bits per heavy atom. The van der Waals surface area contributed by atoms with Crippen LogP contribution in [0.4, 0.5) is 0 Å². The van der Waals surface area contributed by atoms with Crippen LogP contribution in [0, 0.1) is 11.3 Å². The van der Waals surface area contributed by atoms with Gasteiger partial charge in [0, 0.05) is 24.8 Å². The topological polar surface area (TPSA) is 35.5 Å². The lowest BCUT2D eigenvalue weighted by Gasteiger charge is -2.42. The highest BCUT2D eigenvalue weighted by atomic mass is 35.5. The predicted octanol–water partition coefficient (Wildman–Crippen LogP) is 5.21. The third-order valence-electron chi connectivity index (χ3n) is 4.40. The summed E-state index contributed by atoms with van der Waals surface area (Å²) in [4.78, 5) is 11.5. The monoisotopic (exact) mass is 324 g/mol. The lowest BCUT2D eigenvalue weighted by molar-refractivity contribution is -0.211. The smallest absolute Gasteiger partial charge is 0.305 e. The first-order valence-corrected chi connectivity index (χ1v) is 8.22. The van der Waals surface area contributed by atoms with E-state index in [9.17, 15) is 4.79 Å². The van der Waals surface area contributed by atoms with E-state index in [2.05, 4.69) is 20.8 Å². The molecular weight excluding hydrogens is 300 g/mol. The molecule has 0 spiro atoms. The van der Waals surface area contributed by atoms with Crippen LogP contribution in [0.3, 0.4) is 0 Å². The van der Waals surface area contributed by atoms with Gasteiger partial charge in [-0.05, 0) is 42.4 Å². The Morgan fingerprint density at radius 2 is 1.91 bits per heavy atom. The summed E-state index contributed by atoms with van der Waals surface area (Å²) < 4.78 is 11.6. The Hall–Kier alpha value is -1.22. The summed E-state index contributed by atoms with van der Waals surface area (Å²) in [5.41, 5.74) is 0.262. The van der Waals surface area contributed by atoms with E-state index in [1.165, 1.54) is 6.92 Å². The fourth-order valence-electron chi connectivity index (χ4n) is 3.16. The molecule has 22 heavy (non-hydrogen) atoms. The van der Waals surface area contributed by atoms with E-state index in [1.54, 1.807) is 12.1 Å². The van der Waals surface area contributed by atoms with Crippen molar-refractivity contribution in [2.45, 2.75) is 59.2 Å². The summed E-state index contributed by atoms with van der Waals surface area (Å²) in [7, 11) is 0. The average molecular weight is 325 g/mol. The van der Waals surface area contributed by atoms with Gasteiger partial charge in [0.2, 0.25) is 0 Å². The summed E-state index contributed by atoms with van der Waals surface area (Å²) in [5.74, 6) is 0.0801. The normalized spacial score (nSPS) is 25.6. The predicted molar refractivity (Wildman–Crippen MR) is 88.0 cm³/mol. The number of halogens is 1. The average Bonchev–Trinajstić information content (AvgIpc) is 2.37. The molecule has 1 fully saturated rings. The zero-order chi connectivity index (χ0) is 16.4. The molecule has 0 atom stereocenters. The molecule has 0 bridgehead atoms. The number of esters is 1. The second-order valence-electron chi connectivity index (χ2n) is 7.20. The molecule has 1 aliphatic carbocycles. The molecule has 2 rings (SSSR count). The van der Waals surface area contributed by atoms with Crippen LogP contribution in [-0.4, -0.2) is 11.8 Å². The van der Waals surface area contributed by atoms with Crippen molar-refractivity contribution in [2.75, 3.05) is 0 Å². The summed E-state index contributed by atoms with van der Waals surface area (Å²) in [6.45, 7) is 8.20. The highest BCUT2D eigenvalue weighted by molar-refractivity contribution is 6.30. The van der Waals surface area contributed by atoms with Crippen molar-refractivity contribution >= 4 is 17.6 Å². The quantitative estimate of drug-likeness (QED) is 0.565. The van der Waals surface area contributed by atoms with Gasteiger partial charge in [0.1, 0.15) is 5.75 Å². The number of rotatable bonds is 3. The second-order valence-corrected chi connectivity index (χ2v) is 7.64. The van der Waals surface area contributed by atoms with Gasteiger partial charge >= 0.3 is 5.97 Å². The molecule has 1 aliphatic rings. The zero-order valence-electron chi connectivity index (χ0n) is 13.8. The van der Waals surface area contributed by atoms with Crippen molar-refractivity contribution in [1.29, 1.82) is 0 Å². The van der Waals surface area contributed by atoms with Gasteiger partial charge in [-0.3, -0.25) is 4.79 Å². The van der Waals surface area contributed by atoms with Crippen LogP contribution in [0.1, 0.15) is 53.4 Å². The molecular formula is C18H25ClO3. The van der Waals surface area contributed by atoms with E-state index in [4.69, 9.17) is 21.1 Å². The number of benzene rings is 1. The summed E-state index contributed by atoms with van der Waals surface area (Å²) in [6.07, 6.45) is 3.39. The van der Waals surface area contributed by atoms with E-state index >= 15 is 0 Å². The number of ether oxygens (including phenoxy) is 2. The minimum atomic E-state index is -0.863. The van der Waals surface area contributed by atoms with Gasteiger partial charge in [-0.1, -0.05) is 38.4 Å². The van der Waals surface area contributed by atoms with Gasteiger partial charge in [-0.2, -0.15) is 0 Å². The van der Waals surface area contributed by atoms with E-state index in [0.29, 0.717) is 29.5 Å². The number of hydrogen-bond acceptors (Lipinski definition) is 3. The van der Waals surface area contributed by atoms with Crippen molar-refractivity contribution in [3.63, 3.8) is 0 Å². The molecule has 0 unspecified atom stereocenters. The van der Waals surface area contributed by atoms with Crippen LogP contribution in [0.2, 0.25) is 5.02 Å². The third kappa shape index (κ3) is 4.39. The molecule has 3 nitrogen and oxygen atoms in total. The maximum Gasteiger partial charge on any atom is 0.305 e. The minimum Gasteiger partial charge on any atom is -0.452 e. The van der Waals surface area contributed by atoms with Crippen LogP contribution in [-0.2, 0) is 9.53 Å².